The van der Waals surface area contributed by atoms with Gasteiger partial charge in [-0.25, -0.2) is 8.42 Å². The zero-order chi connectivity index (χ0) is 23.3. The van der Waals surface area contributed by atoms with Crippen molar-refractivity contribution < 1.29 is 27.5 Å². The maximum atomic E-state index is 12.6. The number of carbonyl (C=O) groups excluding carboxylic acids is 2. The second kappa shape index (κ2) is 7.59. The molecule has 4 rings (SSSR count). The summed E-state index contributed by atoms with van der Waals surface area (Å²) >= 11 is 0. The Morgan fingerprint density at radius 1 is 1.16 bits per heavy atom. The average molecular weight is 461 g/mol. The average Bonchev–Trinajstić information content (AvgIpc) is 3.24. The lowest BCUT2D eigenvalue weighted by molar-refractivity contribution is -0.152. The van der Waals surface area contributed by atoms with E-state index in [0.717, 1.165) is 17.5 Å². The highest BCUT2D eigenvalue weighted by molar-refractivity contribution is 7.92. The minimum Gasteiger partial charge on any atom is -0.496 e. The molecule has 2 aliphatic heterocycles. The molecule has 32 heavy (non-hydrogen) atoms. The largest absolute Gasteiger partial charge is 0.496 e. The molecule has 10 nitrogen and oxygen atoms in total. The summed E-state index contributed by atoms with van der Waals surface area (Å²) in [5.41, 5.74) is 2.23. The highest BCUT2D eigenvalue weighted by Gasteiger charge is 2.51. The molecular weight excluding hydrogens is 436 g/mol. The number of fused-ring (bicyclic) bond motifs is 2. The minimum absolute atomic E-state index is 0.174. The number of ether oxygens (including phenoxy) is 2. The van der Waals surface area contributed by atoms with Crippen molar-refractivity contribution in [1.82, 2.24) is 0 Å². The number of hydrogen-bond donors (Lipinski definition) is 4. The summed E-state index contributed by atoms with van der Waals surface area (Å²) < 4.78 is 36.1. The van der Waals surface area contributed by atoms with E-state index in [-0.39, 0.29) is 12.8 Å². The molecule has 0 saturated heterocycles. The third-order valence-electron chi connectivity index (χ3n) is 5.53. The molecular formula is C21H24N4O6S. The van der Waals surface area contributed by atoms with Crippen molar-refractivity contribution in [2.45, 2.75) is 25.4 Å². The van der Waals surface area contributed by atoms with Crippen LogP contribution in [0.1, 0.15) is 31.1 Å². The number of esters is 1. The fraction of sp³-hybridized carbons (Fsp3) is 0.333. The Hall–Kier alpha value is -3.47. The van der Waals surface area contributed by atoms with Crippen LogP contribution in [0.4, 0.5) is 22.7 Å². The predicted molar refractivity (Wildman–Crippen MR) is 121 cm³/mol. The van der Waals surface area contributed by atoms with Gasteiger partial charge in [-0.05, 0) is 38.1 Å². The number of amides is 1. The molecule has 2 aliphatic rings. The highest BCUT2D eigenvalue weighted by Crippen LogP contribution is 2.47. The Bertz CT molecular complexity index is 1230. The Morgan fingerprint density at radius 3 is 2.47 bits per heavy atom. The first-order chi connectivity index (χ1) is 15.1. The predicted octanol–water partition coefficient (Wildman–Crippen LogP) is 2.38. The Morgan fingerprint density at radius 2 is 1.84 bits per heavy atom. The first-order valence-electron chi connectivity index (χ1n) is 9.92. The molecule has 4 N–H and O–H groups in total. The van der Waals surface area contributed by atoms with E-state index < -0.39 is 27.3 Å². The normalized spacial score (nSPS) is 21.0. The van der Waals surface area contributed by atoms with Gasteiger partial charge >= 0.3 is 5.97 Å². The van der Waals surface area contributed by atoms with Crippen molar-refractivity contribution in [3.8, 4) is 5.75 Å². The summed E-state index contributed by atoms with van der Waals surface area (Å²) in [5.74, 6) is -0.551. The molecule has 0 fully saturated rings. The van der Waals surface area contributed by atoms with Crippen LogP contribution in [0.2, 0.25) is 0 Å². The number of benzene rings is 2. The molecule has 0 spiro atoms. The first kappa shape index (κ1) is 21.8. The van der Waals surface area contributed by atoms with Gasteiger partial charge in [-0.1, -0.05) is 0 Å². The summed E-state index contributed by atoms with van der Waals surface area (Å²) in [6, 6.07) is 8.52. The van der Waals surface area contributed by atoms with Gasteiger partial charge in [0, 0.05) is 22.9 Å². The van der Waals surface area contributed by atoms with Gasteiger partial charge < -0.3 is 25.4 Å². The van der Waals surface area contributed by atoms with Gasteiger partial charge in [-0.2, -0.15) is 0 Å². The fourth-order valence-corrected chi connectivity index (χ4v) is 4.49. The highest BCUT2D eigenvalue weighted by atomic mass is 32.2. The molecule has 2 heterocycles. The van der Waals surface area contributed by atoms with Crippen LogP contribution < -0.4 is 25.4 Å². The molecule has 11 heteroatoms. The Labute approximate surface area is 185 Å². The van der Waals surface area contributed by atoms with Gasteiger partial charge in [0.2, 0.25) is 15.9 Å². The van der Waals surface area contributed by atoms with Crippen molar-refractivity contribution in [2.75, 3.05) is 40.6 Å². The molecule has 0 aromatic heterocycles. The molecule has 170 valence electrons. The van der Waals surface area contributed by atoms with Gasteiger partial charge in [0.1, 0.15) is 11.9 Å². The van der Waals surface area contributed by atoms with Crippen LogP contribution in [0.3, 0.4) is 0 Å². The zero-order valence-electron chi connectivity index (χ0n) is 18.0. The quantitative estimate of drug-likeness (QED) is 0.381. The first-order valence-corrected chi connectivity index (χ1v) is 11.8. The zero-order valence-corrected chi connectivity index (χ0v) is 18.8. The molecule has 0 radical (unpaired) electrons. The van der Waals surface area contributed by atoms with Gasteiger partial charge in [0.05, 0.1) is 37.0 Å². The lowest BCUT2D eigenvalue weighted by atomic mass is 9.83. The van der Waals surface area contributed by atoms with Crippen LogP contribution in [0.15, 0.2) is 30.3 Å². The number of anilines is 4. The van der Waals surface area contributed by atoms with Gasteiger partial charge in [-0.3, -0.25) is 14.3 Å². The van der Waals surface area contributed by atoms with E-state index in [0.29, 0.717) is 28.4 Å². The van der Waals surface area contributed by atoms with E-state index in [9.17, 15) is 18.0 Å². The maximum absolute atomic E-state index is 12.6. The monoisotopic (exact) mass is 460 g/mol. The van der Waals surface area contributed by atoms with Crippen LogP contribution in [0, 0.1) is 0 Å². The third kappa shape index (κ3) is 3.58. The number of methoxy groups -OCH3 is 1. The van der Waals surface area contributed by atoms with E-state index in [2.05, 4.69) is 20.7 Å². The summed E-state index contributed by atoms with van der Waals surface area (Å²) in [7, 11) is -1.92. The van der Waals surface area contributed by atoms with Crippen molar-refractivity contribution in [3.05, 3.63) is 41.5 Å². The standard InChI is InChI=1S/C21H24N4O6S/c1-5-31-20(27)21(2)13-9-15-16(10-14(13)24-19(21)26)23-18(22-15)12-7-6-11(8-17(12)30-3)25-32(4,28)29/h6-10,18,22-23,25H,5H2,1-4H3,(H,24,26). The van der Waals surface area contributed by atoms with Crippen LogP contribution in [-0.2, 0) is 29.8 Å². The van der Waals surface area contributed by atoms with Crippen molar-refractivity contribution in [3.63, 3.8) is 0 Å². The topological polar surface area (TPSA) is 135 Å². The van der Waals surface area contributed by atoms with Crippen molar-refractivity contribution >= 4 is 44.6 Å². The lowest BCUT2D eigenvalue weighted by Crippen LogP contribution is -2.40. The molecule has 2 unspecified atom stereocenters. The molecule has 1 amide bonds. The lowest BCUT2D eigenvalue weighted by Gasteiger charge is -2.20. The maximum Gasteiger partial charge on any atom is 0.326 e. The number of rotatable bonds is 6. The molecule has 0 bridgehead atoms. The van der Waals surface area contributed by atoms with Gasteiger partial charge in [0.15, 0.2) is 5.41 Å². The molecule has 2 atom stereocenters. The molecule has 0 saturated carbocycles. The van der Waals surface area contributed by atoms with E-state index in [1.807, 2.05) is 0 Å². The summed E-state index contributed by atoms with van der Waals surface area (Å²) in [6.07, 6.45) is 0.700. The van der Waals surface area contributed by atoms with Crippen LogP contribution in [0.5, 0.6) is 5.75 Å². The van der Waals surface area contributed by atoms with E-state index >= 15 is 0 Å². The van der Waals surface area contributed by atoms with Gasteiger partial charge in [-0.15, -0.1) is 0 Å². The number of carbonyl (C=O) groups is 2. The van der Waals surface area contributed by atoms with E-state index in [4.69, 9.17) is 9.47 Å². The van der Waals surface area contributed by atoms with Gasteiger partial charge in [0.25, 0.3) is 0 Å². The SMILES string of the molecule is CCOC(=O)C1(C)C(=O)Nc2cc3c(cc21)NC(c1ccc(NS(C)(=O)=O)cc1OC)N3. The third-order valence-corrected chi connectivity index (χ3v) is 6.14. The minimum atomic E-state index is -3.42. The van der Waals surface area contributed by atoms with E-state index in [1.165, 1.54) is 7.11 Å². The van der Waals surface area contributed by atoms with Crippen LogP contribution >= 0.6 is 0 Å². The Kier molecular flexibility index (Phi) is 5.16. The van der Waals surface area contributed by atoms with E-state index in [1.54, 1.807) is 44.2 Å². The Balaban J connectivity index is 1.65. The second-order valence-corrected chi connectivity index (χ2v) is 9.54. The summed E-state index contributed by atoms with van der Waals surface area (Å²) in [4.78, 5) is 25.1. The molecule has 0 aliphatic carbocycles. The molecule has 2 aromatic rings. The number of nitrogens with one attached hydrogen (secondary N) is 4. The van der Waals surface area contributed by atoms with Crippen molar-refractivity contribution in [2.24, 2.45) is 0 Å². The molecule has 2 aromatic carbocycles. The van der Waals surface area contributed by atoms with Crippen molar-refractivity contribution in [1.29, 1.82) is 0 Å². The van der Waals surface area contributed by atoms with Crippen LogP contribution in [-0.4, -0.2) is 40.3 Å². The second-order valence-electron chi connectivity index (χ2n) is 7.80. The summed E-state index contributed by atoms with van der Waals surface area (Å²) in [6.45, 7) is 3.42. The number of sulfonamides is 1. The summed E-state index contributed by atoms with van der Waals surface area (Å²) in [5, 5.41) is 9.41. The van der Waals surface area contributed by atoms with Crippen LogP contribution in [0.25, 0.3) is 0 Å². The number of hydrogen-bond acceptors (Lipinski definition) is 8. The smallest absolute Gasteiger partial charge is 0.326 e. The fourth-order valence-electron chi connectivity index (χ4n) is 3.93.